The van der Waals surface area contributed by atoms with E-state index in [-0.39, 0.29) is 23.0 Å². The van der Waals surface area contributed by atoms with E-state index in [1.54, 1.807) is 32.9 Å². The molecule has 0 unspecified atom stereocenters. The van der Waals surface area contributed by atoms with Crippen molar-refractivity contribution in [3.63, 3.8) is 0 Å². The van der Waals surface area contributed by atoms with Crippen molar-refractivity contribution in [2.75, 3.05) is 0 Å². The fourth-order valence-corrected chi connectivity index (χ4v) is 2.58. The quantitative estimate of drug-likeness (QED) is 0.502. The zero-order chi connectivity index (χ0) is 18.8. The van der Waals surface area contributed by atoms with Gasteiger partial charge in [0.25, 0.3) is 0 Å². The van der Waals surface area contributed by atoms with Crippen molar-refractivity contribution in [1.29, 1.82) is 0 Å². The fraction of sp³-hybridized carbons (Fsp3) is 0.200. The van der Waals surface area contributed by atoms with Gasteiger partial charge >= 0.3 is 11.9 Å². The third kappa shape index (κ3) is 3.44. The molecule has 1 heterocycles. The van der Waals surface area contributed by atoms with Gasteiger partial charge in [-0.05, 0) is 51.1 Å². The molecule has 0 aliphatic heterocycles. The summed E-state index contributed by atoms with van der Waals surface area (Å²) in [5.41, 5.74) is 0.566. The van der Waals surface area contributed by atoms with E-state index in [1.807, 2.05) is 0 Å². The summed E-state index contributed by atoms with van der Waals surface area (Å²) in [6.45, 7) is 5.15. The Kier molecular flexibility index (Phi) is 4.75. The fourth-order valence-electron chi connectivity index (χ4n) is 2.58. The van der Waals surface area contributed by atoms with Crippen LogP contribution in [0.25, 0.3) is 11.0 Å². The smallest absolute Gasteiger partial charge is 0.346 e. The van der Waals surface area contributed by atoms with Gasteiger partial charge in [0.2, 0.25) is 0 Å². The summed E-state index contributed by atoms with van der Waals surface area (Å²) >= 11 is 0. The van der Waals surface area contributed by atoms with E-state index in [4.69, 9.17) is 13.9 Å². The lowest BCUT2D eigenvalue weighted by Gasteiger charge is -2.08. The summed E-state index contributed by atoms with van der Waals surface area (Å²) in [4.78, 5) is 24.5. The molecule has 2 aromatic carbocycles. The normalized spacial score (nSPS) is 11.0. The molecule has 3 rings (SSSR count). The molecule has 0 atom stereocenters. The highest BCUT2D eigenvalue weighted by molar-refractivity contribution is 6.05. The minimum atomic E-state index is -0.825. The lowest BCUT2D eigenvalue weighted by atomic mass is 10.1. The maximum absolute atomic E-state index is 13.7. The molecule has 0 saturated heterocycles. The molecule has 0 bridgehead atoms. The number of furan rings is 1. The summed E-state index contributed by atoms with van der Waals surface area (Å²) in [7, 11) is 0. The molecule has 26 heavy (non-hydrogen) atoms. The first kappa shape index (κ1) is 17.7. The molecule has 134 valence electrons. The van der Waals surface area contributed by atoms with E-state index in [0.717, 1.165) is 0 Å². The summed E-state index contributed by atoms with van der Waals surface area (Å²) < 4.78 is 29.8. The van der Waals surface area contributed by atoms with Gasteiger partial charge < -0.3 is 13.9 Å². The van der Waals surface area contributed by atoms with Crippen molar-refractivity contribution in [2.45, 2.75) is 26.9 Å². The van der Waals surface area contributed by atoms with Gasteiger partial charge in [-0.25, -0.2) is 14.0 Å². The molecule has 5 nitrogen and oxygen atoms in total. The van der Waals surface area contributed by atoms with Crippen LogP contribution in [0.4, 0.5) is 4.39 Å². The molecule has 3 aromatic rings. The van der Waals surface area contributed by atoms with Crippen molar-refractivity contribution in [2.24, 2.45) is 0 Å². The third-order valence-electron chi connectivity index (χ3n) is 3.69. The number of carbonyl (C=O) groups excluding carboxylic acids is 2. The van der Waals surface area contributed by atoms with E-state index in [9.17, 15) is 14.0 Å². The van der Waals surface area contributed by atoms with E-state index in [0.29, 0.717) is 16.7 Å². The van der Waals surface area contributed by atoms with Crippen LogP contribution < -0.4 is 4.74 Å². The van der Waals surface area contributed by atoms with Crippen molar-refractivity contribution in [3.05, 3.63) is 65.2 Å². The highest BCUT2D eigenvalue weighted by Crippen LogP contribution is 2.30. The first-order valence-corrected chi connectivity index (χ1v) is 8.07. The number of carbonyl (C=O) groups is 2. The van der Waals surface area contributed by atoms with Gasteiger partial charge in [-0.15, -0.1) is 0 Å². The first-order chi connectivity index (χ1) is 12.4. The Morgan fingerprint density at radius 2 is 1.81 bits per heavy atom. The Morgan fingerprint density at radius 3 is 2.50 bits per heavy atom. The second kappa shape index (κ2) is 7.00. The predicted octanol–water partition coefficient (Wildman–Crippen LogP) is 4.66. The minimum absolute atomic E-state index is 0.171. The van der Waals surface area contributed by atoms with Gasteiger partial charge in [-0.3, -0.25) is 0 Å². The van der Waals surface area contributed by atoms with E-state index < -0.39 is 17.8 Å². The number of aryl methyl sites for hydroxylation is 1. The van der Waals surface area contributed by atoms with Crippen LogP contribution in [0.5, 0.6) is 5.75 Å². The highest BCUT2D eigenvalue weighted by Gasteiger charge is 2.22. The lowest BCUT2D eigenvalue weighted by Crippen LogP contribution is -2.12. The maximum Gasteiger partial charge on any atom is 0.346 e. The van der Waals surface area contributed by atoms with Crippen LogP contribution in [0.3, 0.4) is 0 Å². The van der Waals surface area contributed by atoms with Crippen LogP contribution in [0.2, 0.25) is 0 Å². The number of hydrogen-bond donors (Lipinski definition) is 0. The zero-order valence-corrected chi connectivity index (χ0v) is 14.5. The number of benzene rings is 2. The van der Waals surface area contributed by atoms with Crippen molar-refractivity contribution < 1.29 is 27.9 Å². The highest BCUT2D eigenvalue weighted by atomic mass is 19.1. The van der Waals surface area contributed by atoms with Gasteiger partial charge in [0.15, 0.2) is 0 Å². The Labute approximate surface area is 149 Å². The lowest BCUT2D eigenvalue weighted by molar-refractivity contribution is 0.0378. The van der Waals surface area contributed by atoms with Crippen LogP contribution >= 0.6 is 0 Å². The topological polar surface area (TPSA) is 65.7 Å². The van der Waals surface area contributed by atoms with Gasteiger partial charge in [-0.2, -0.15) is 0 Å². The van der Waals surface area contributed by atoms with Gasteiger partial charge in [0, 0.05) is 5.39 Å². The summed E-state index contributed by atoms with van der Waals surface area (Å²) in [5.74, 6) is -1.44. The van der Waals surface area contributed by atoms with Gasteiger partial charge in [-0.1, -0.05) is 12.1 Å². The molecule has 0 N–H and O–H groups in total. The second-order valence-electron chi connectivity index (χ2n) is 6.01. The molecule has 0 amide bonds. The first-order valence-electron chi connectivity index (χ1n) is 8.07. The average Bonchev–Trinajstić information content (AvgIpc) is 2.89. The minimum Gasteiger partial charge on any atom is -0.460 e. The Bertz CT molecular complexity index is 987. The number of fused-ring (bicyclic) bond motifs is 1. The molecule has 1 aromatic heterocycles. The number of rotatable bonds is 4. The third-order valence-corrected chi connectivity index (χ3v) is 3.69. The van der Waals surface area contributed by atoms with E-state index >= 15 is 0 Å². The van der Waals surface area contributed by atoms with E-state index in [1.165, 1.54) is 30.3 Å². The Morgan fingerprint density at radius 1 is 1.08 bits per heavy atom. The number of esters is 2. The summed E-state index contributed by atoms with van der Waals surface area (Å²) in [6.07, 6.45) is -0.283. The Hall–Kier alpha value is -3.15. The molecular weight excluding hydrogens is 339 g/mol. The Balaban J connectivity index is 1.95. The van der Waals surface area contributed by atoms with Gasteiger partial charge in [0.1, 0.15) is 28.5 Å². The van der Waals surface area contributed by atoms with Crippen LogP contribution in [-0.4, -0.2) is 18.0 Å². The van der Waals surface area contributed by atoms with Crippen molar-refractivity contribution in [1.82, 2.24) is 0 Å². The standard InChI is InChI=1S/C20H17FO5/c1-11(2)24-20(23)18-12(3)25-17-9-8-13(10-15(17)18)26-19(22)14-6-4-5-7-16(14)21/h4-11H,1-3H3. The largest absolute Gasteiger partial charge is 0.460 e. The SMILES string of the molecule is Cc1oc2ccc(OC(=O)c3ccccc3F)cc2c1C(=O)OC(C)C. The van der Waals surface area contributed by atoms with E-state index in [2.05, 4.69) is 0 Å². The van der Waals surface area contributed by atoms with Gasteiger partial charge in [0.05, 0.1) is 11.7 Å². The molecule has 0 aliphatic carbocycles. The van der Waals surface area contributed by atoms with Crippen LogP contribution in [0.1, 0.15) is 40.3 Å². The molecule has 0 spiro atoms. The second-order valence-corrected chi connectivity index (χ2v) is 6.01. The van der Waals surface area contributed by atoms with Crippen LogP contribution in [0.15, 0.2) is 46.9 Å². The maximum atomic E-state index is 13.7. The molecule has 6 heteroatoms. The number of ether oxygens (including phenoxy) is 2. The molecule has 0 fully saturated rings. The van der Waals surface area contributed by atoms with Crippen LogP contribution in [0, 0.1) is 12.7 Å². The number of halogens is 1. The zero-order valence-electron chi connectivity index (χ0n) is 14.5. The summed E-state index contributed by atoms with van der Waals surface area (Å²) in [5, 5.41) is 0.465. The molecule has 0 saturated carbocycles. The van der Waals surface area contributed by atoms with Crippen molar-refractivity contribution >= 4 is 22.9 Å². The molecule has 0 aliphatic rings. The molecular formula is C20H17FO5. The van der Waals surface area contributed by atoms with Crippen molar-refractivity contribution in [3.8, 4) is 5.75 Å². The summed E-state index contributed by atoms with van der Waals surface area (Å²) in [6, 6.07) is 10.1. The molecule has 0 radical (unpaired) electrons. The number of hydrogen-bond acceptors (Lipinski definition) is 5. The average molecular weight is 356 g/mol. The monoisotopic (exact) mass is 356 g/mol. The predicted molar refractivity (Wildman–Crippen MR) is 92.9 cm³/mol. The van der Waals surface area contributed by atoms with Crippen LogP contribution in [-0.2, 0) is 4.74 Å².